The number of carbonyl (C=O) groups is 2. The van der Waals surface area contributed by atoms with Crippen LogP contribution in [0.1, 0.15) is 46.0 Å². The summed E-state index contributed by atoms with van der Waals surface area (Å²) < 4.78 is 0. The summed E-state index contributed by atoms with van der Waals surface area (Å²) in [6.07, 6.45) is 3.65. The topological polar surface area (TPSA) is 57.6 Å². The molecule has 0 aromatic rings. The van der Waals surface area contributed by atoms with Gasteiger partial charge in [0.15, 0.2) is 0 Å². The molecule has 0 aromatic carbocycles. The Bertz CT molecular complexity index is 263. The first-order chi connectivity index (χ1) is 7.52. The van der Waals surface area contributed by atoms with Crippen LogP contribution >= 0.6 is 0 Å². The predicted molar refractivity (Wildman–Crippen MR) is 60.6 cm³/mol. The van der Waals surface area contributed by atoms with Gasteiger partial charge in [0, 0.05) is 18.9 Å². The molecule has 1 aliphatic rings. The van der Waals surface area contributed by atoms with Crippen molar-refractivity contribution < 1.29 is 14.7 Å². The normalized spacial score (nSPS) is 22.9. The van der Waals surface area contributed by atoms with Crippen molar-refractivity contribution in [2.24, 2.45) is 5.92 Å². The van der Waals surface area contributed by atoms with Crippen LogP contribution in [0.2, 0.25) is 0 Å². The zero-order valence-electron chi connectivity index (χ0n) is 10.1. The van der Waals surface area contributed by atoms with E-state index in [0.717, 1.165) is 25.7 Å². The van der Waals surface area contributed by atoms with E-state index in [0.29, 0.717) is 13.0 Å². The Morgan fingerprint density at radius 3 is 2.56 bits per heavy atom. The van der Waals surface area contributed by atoms with Gasteiger partial charge in [0.2, 0.25) is 11.8 Å². The zero-order valence-corrected chi connectivity index (χ0v) is 10.1. The lowest BCUT2D eigenvalue weighted by molar-refractivity contribution is -0.139. The van der Waals surface area contributed by atoms with Crippen molar-refractivity contribution in [3.05, 3.63) is 0 Å². The molecule has 2 unspecified atom stereocenters. The first kappa shape index (κ1) is 13.2. The second kappa shape index (κ2) is 5.99. The number of amides is 2. The van der Waals surface area contributed by atoms with Gasteiger partial charge in [0.25, 0.3) is 0 Å². The number of hydrogen-bond donors (Lipinski definition) is 1. The highest BCUT2D eigenvalue weighted by atomic mass is 16.3. The zero-order chi connectivity index (χ0) is 12.1. The van der Waals surface area contributed by atoms with E-state index in [2.05, 4.69) is 0 Å². The standard InChI is InChI=1S/C12H21NO3/c1-9-8-11(15)13(12(9)16)7-5-3-4-6-10(2)14/h9-10,14H,3-8H2,1-2H3. The highest BCUT2D eigenvalue weighted by Crippen LogP contribution is 2.19. The van der Waals surface area contributed by atoms with Gasteiger partial charge in [-0.25, -0.2) is 0 Å². The van der Waals surface area contributed by atoms with Crippen LogP contribution < -0.4 is 0 Å². The number of hydrogen-bond acceptors (Lipinski definition) is 3. The van der Waals surface area contributed by atoms with Gasteiger partial charge in [-0.2, -0.15) is 0 Å². The summed E-state index contributed by atoms with van der Waals surface area (Å²) in [5.74, 6) is -0.196. The predicted octanol–water partition coefficient (Wildman–Crippen LogP) is 1.32. The van der Waals surface area contributed by atoms with Crippen LogP contribution in [0.25, 0.3) is 0 Å². The fraction of sp³-hybridized carbons (Fsp3) is 0.833. The highest BCUT2D eigenvalue weighted by Gasteiger charge is 2.34. The summed E-state index contributed by atoms with van der Waals surface area (Å²) in [5.41, 5.74) is 0. The van der Waals surface area contributed by atoms with Crippen molar-refractivity contribution in [1.82, 2.24) is 4.90 Å². The maximum atomic E-state index is 11.6. The molecule has 0 aliphatic carbocycles. The average Bonchev–Trinajstić information content (AvgIpc) is 2.43. The highest BCUT2D eigenvalue weighted by molar-refractivity contribution is 6.03. The fourth-order valence-electron chi connectivity index (χ4n) is 1.97. The lowest BCUT2D eigenvalue weighted by atomic mass is 10.1. The third-order valence-corrected chi connectivity index (χ3v) is 2.97. The molecule has 4 nitrogen and oxygen atoms in total. The van der Waals surface area contributed by atoms with Gasteiger partial charge in [0.1, 0.15) is 0 Å². The second-order valence-corrected chi connectivity index (χ2v) is 4.69. The lowest BCUT2D eigenvalue weighted by Gasteiger charge is -2.14. The van der Waals surface area contributed by atoms with Gasteiger partial charge in [-0.05, 0) is 19.8 Å². The van der Waals surface area contributed by atoms with Crippen molar-refractivity contribution in [1.29, 1.82) is 0 Å². The molecule has 0 aromatic heterocycles. The summed E-state index contributed by atoms with van der Waals surface area (Å²) in [4.78, 5) is 24.4. The van der Waals surface area contributed by atoms with E-state index in [-0.39, 0.29) is 23.8 Å². The smallest absolute Gasteiger partial charge is 0.232 e. The molecule has 0 spiro atoms. The van der Waals surface area contributed by atoms with Gasteiger partial charge in [-0.3, -0.25) is 14.5 Å². The molecule has 2 amide bonds. The van der Waals surface area contributed by atoms with E-state index in [1.807, 2.05) is 0 Å². The van der Waals surface area contributed by atoms with Crippen LogP contribution in [0.15, 0.2) is 0 Å². The summed E-state index contributed by atoms with van der Waals surface area (Å²) in [6, 6.07) is 0. The Hall–Kier alpha value is -0.900. The molecule has 16 heavy (non-hydrogen) atoms. The van der Waals surface area contributed by atoms with Gasteiger partial charge < -0.3 is 5.11 Å². The number of aliphatic hydroxyl groups is 1. The van der Waals surface area contributed by atoms with Gasteiger partial charge in [0.05, 0.1) is 6.10 Å². The molecule has 2 atom stereocenters. The first-order valence-electron chi connectivity index (χ1n) is 6.04. The number of nitrogens with zero attached hydrogens (tertiary/aromatic N) is 1. The molecule has 1 aliphatic heterocycles. The maximum Gasteiger partial charge on any atom is 0.232 e. The van der Waals surface area contributed by atoms with Crippen molar-refractivity contribution >= 4 is 11.8 Å². The van der Waals surface area contributed by atoms with E-state index in [1.54, 1.807) is 13.8 Å². The van der Waals surface area contributed by atoms with Gasteiger partial charge in [-0.15, -0.1) is 0 Å². The molecular weight excluding hydrogens is 206 g/mol. The molecule has 92 valence electrons. The molecule has 1 fully saturated rings. The Morgan fingerprint density at radius 2 is 2.06 bits per heavy atom. The molecule has 4 heteroatoms. The SMILES string of the molecule is CC(O)CCCCCN1C(=O)CC(C)C1=O. The minimum absolute atomic E-state index is 0.0273. The van der Waals surface area contributed by atoms with Gasteiger partial charge >= 0.3 is 0 Å². The Kier molecular flexibility index (Phi) is 4.93. The third-order valence-electron chi connectivity index (χ3n) is 2.97. The van der Waals surface area contributed by atoms with Crippen molar-refractivity contribution in [2.75, 3.05) is 6.54 Å². The number of rotatable bonds is 6. The summed E-state index contributed by atoms with van der Waals surface area (Å²) in [7, 11) is 0. The fourth-order valence-corrected chi connectivity index (χ4v) is 1.97. The van der Waals surface area contributed by atoms with Crippen LogP contribution in [0, 0.1) is 5.92 Å². The monoisotopic (exact) mass is 227 g/mol. The van der Waals surface area contributed by atoms with E-state index in [4.69, 9.17) is 5.11 Å². The van der Waals surface area contributed by atoms with E-state index < -0.39 is 0 Å². The molecule has 0 bridgehead atoms. The molecule has 0 radical (unpaired) electrons. The first-order valence-corrected chi connectivity index (χ1v) is 6.04. The maximum absolute atomic E-state index is 11.6. The molecule has 1 N–H and O–H groups in total. The number of unbranched alkanes of at least 4 members (excludes halogenated alkanes) is 2. The summed E-state index contributed by atoms with van der Waals surface area (Å²) in [5, 5.41) is 9.06. The second-order valence-electron chi connectivity index (χ2n) is 4.69. The minimum atomic E-state index is -0.255. The number of aliphatic hydroxyl groups excluding tert-OH is 1. The minimum Gasteiger partial charge on any atom is -0.393 e. The van der Waals surface area contributed by atoms with Crippen molar-refractivity contribution in [2.45, 2.75) is 52.1 Å². The molecule has 1 heterocycles. The molecule has 0 saturated carbocycles. The van der Waals surface area contributed by atoms with E-state index in [1.165, 1.54) is 4.90 Å². The van der Waals surface area contributed by atoms with Crippen molar-refractivity contribution in [3.63, 3.8) is 0 Å². The Balaban J connectivity index is 2.18. The van der Waals surface area contributed by atoms with E-state index >= 15 is 0 Å². The number of likely N-dealkylation sites (tertiary alicyclic amines) is 1. The van der Waals surface area contributed by atoms with Crippen LogP contribution in [0.3, 0.4) is 0 Å². The summed E-state index contributed by atoms with van der Waals surface area (Å²) >= 11 is 0. The Morgan fingerprint density at radius 1 is 1.38 bits per heavy atom. The van der Waals surface area contributed by atoms with Crippen LogP contribution in [-0.4, -0.2) is 34.5 Å². The molecule has 1 rings (SSSR count). The van der Waals surface area contributed by atoms with E-state index in [9.17, 15) is 9.59 Å². The number of imide groups is 1. The largest absolute Gasteiger partial charge is 0.393 e. The van der Waals surface area contributed by atoms with Crippen LogP contribution in [-0.2, 0) is 9.59 Å². The Labute approximate surface area is 96.6 Å². The third kappa shape index (κ3) is 3.59. The molecule has 1 saturated heterocycles. The van der Waals surface area contributed by atoms with Crippen LogP contribution in [0.5, 0.6) is 0 Å². The molecular formula is C12H21NO3. The van der Waals surface area contributed by atoms with Crippen LogP contribution in [0.4, 0.5) is 0 Å². The van der Waals surface area contributed by atoms with Gasteiger partial charge in [-0.1, -0.05) is 19.8 Å². The number of carbonyl (C=O) groups excluding carboxylic acids is 2. The van der Waals surface area contributed by atoms with Crippen molar-refractivity contribution in [3.8, 4) is 0 Å². The lowest BCUT2D eigenvalue weighted by Crippen LogP contribution is -2.31. The summed E-state index contributed by atoms with van der Waals surface area (Å²) in [6.45, 7) is 4.12. The average molecular weight is 227 g/mol. The quantitative estimate of drug-likeness (QED) is 0.550.